The Labute approximate surface area is 96.5 Å². The molecule has 0 saturated heterocycles. The van der Waals surface area contributed by atoms with Crippen molar-refractivity contribution in [2.45, 2.75) is 26.8 Å². The minimum atomic E-state index is -1.14. The van der Waals surface area contributed by atoms with Crippen LogP contribution >= 0.6 is 0 Å². The second kappa shape index (κ2) is 3.73. The molecule has 90 valence electrons. The summed E-state index contributed by atoms with van der Waals surface area (Å²) in [4.78, 5) is 23.2. The highest BCUT2D eigenvalue weighted by Crippen LogP contribution is 2.19. The molecule has 17 heavy (non-hydrogen) atoms. The van der Waals surface area contributed by atoms with Crippen molar-refractivity contribution in [3.8, 4) is 0 Å². The van der Waals surface area contributed by atoms with Crippen LogP contribution < -0.4 is 5.56 Å². The third-order valence-electron chi connectivity index (χ3n) is 2.61. The average Bonchev–Trinajstić information content (AvgIpc) is 2.61. The van der Waals surface area contributed by atoms with Crippen molar-refractivity contribution in [1.29, 1.82) is 0 Å². The Bertz CT molecular complexity index is 651. The van der Waals surface area contributed by atoms with Crippen LogP contribution in [-0.2, 0) is 0 Å². The van der Waals surface area contributed by atoms with E-state index in [1.165, 1.54) is 10.8 Å². The normalized spacial score (nSPS) is 11.3. The molecule has 0 aliphatic carbocycles. The van der Waals surface area contributed by atoms with Crippen molar-refractivity contribution in [1.82, 2.24) is 9.72 Å². The van der Waals surface area contributed by atoms with Gasteiger partial charge in [0, 0.05) is 12.2 Å². The molecule has 6 heteroatoms. The molecule has 0 saturated carbocycles. The molecule has 0 amide bonds. The number of aryl methyl sites for hydroxylation is 1. The lowest BCUT2D eigenvalue weighted by atomic mass is 10.2. The fraction of sp³-hybridized carbons (Fsp3) is 0.364. The molecule has 2 rings (SSSR count). The number of carboxylic acid groups (broad SMARTS) is 1. The summed E-state index contributed by atoms with van der Waals surface area (Å²) in [6.45, 7) is 5.23. The Kier molecular flexibility index (Phi) is 2.49. The Balaban J connectivity index is 2.97. The van der Waals surface area contributed by atoms with Crippen LogP contribution in [0.15, 0.2) is 15.5 Å². The van der Waals surface area contributed by atoms with Crippen molar-refractivity contribution in [2.75, 3.05) is 0 Å². The van der Waals surface area contributed by atoms with Crippen molar-refractivity contribution >= 4 is 16.9 Å². The molecule has 1 N–H and O–H groups in total. The molecular weight excluding hydrogens is 224 g/mol. The van der Waals surface area contributed by atoms with Crippen LogP contribution in [0.1, 0.15) is 35.9 Å². The summed E-state index contributed by atoms with van der Waals surface area (Å²) in [5, 5.41) is 13.0. The van der Waals surface area contributed by atoms with Gasteiger partial charge < -0.3 is 14.2 Å². The molecule has 0 fully saturated rings. The number of nitrogens with zero attached hydrogens (tertiary/aromatic N) is 2. The van der Waals surface area contributed by atoms with Gasteiger partial charge in [-0.25, -0.2) is 4.79 Å². The van der Waals surface area contributed by atoms with Gasteiger partial charge in [0.1, 0.15) is 10.9 Å². The molecule has 2 heterocycles. The number of aromatic nitrogens is 2. The Morgan fingerprint density at radius 3 is 2.71 bits per heavy atom. The fourth-order valence-electron chi connectivity index (χ4n) is 1.73. The third-order valence-corrected chi connectivity index (χ3v) is 2.61. The highest BCUT2D eigenvalue weighted by molar-refractivity contribution is 6.00. The van der Waals surface area contributed by atoms with Crippen LogP contribution in [0.5, 0.6) is 0 Å². The lowest BCUT2D eigenvalue weighted by molar-refractivity contribution is 0.0696. The Morgan fingerprint density at radius 1 is 1.53 bits per heavy atom. The van der Waals surface area contributed by atoms with Gasteiger partial charge in [0.15, 0.2) is 5.58 Å². The van der Waals surface area contributed by atoms with Crippen molar-refractivity contribution in [3.63, 3.8) is 0 Å². The van der Waals surface area contributed by atoms with Crippen LogP contribution in [0, 0.1) is 6.92 Å². The molecule has 0 aliphatic heterocycles. The Morgan fingerprint density at radius 2 is 2.18 bits per heavy atom. The molecule has 0 aliphatic rings. The van der Waals surface area contributed by atoms with E-state index < -0.39 is 5.97 Å². The van der Waals surface area contributed by atoms with Crippen molar-refractivity contribution < 1.29 is 14.4 Å². The molecule has 0 aromatic carbocycles. The number of pyridine rings is 1. The third kappa shape index (κ3) is 1.61. The molecule has 2 aromatic rings. The van der Waals surface area contributed by atoms with Gasteiger partial charge in [-0.15, -0.1) is 0 Å². The van der Waals surface area contributed by atoms with E-state index >= 15 is 0 Å². The summed E-state index contributed by atoms with van der Waals surface area (Å²) in [5.41, 5.74) is 0.118. The SMILES string of the molecule is Cc1noc2c(C(=O)O)cn(C(C)C)c(=O)c12. The van der Waals surface area contributed by atoms with E-state index in [4.69, 9.17) is 9.63 Å². The largest absolute Gasteiger partial charge is 0.477 e. The van der Waals surface area contributed by atoms with Gasteiger partial charge in [0.2, 0.25) is 0 Å². The summed E-state index contributed by atoms with van der Waals surface area (Å²) < 4.78 is 6.28. The quantitative estimate of drug-likeness (QED) is 0.855. The second-order valence-corrected chi connectivity index (χ2v) is 4.13. The molecule has 0 spiro atoms. The second-order valence-electron chi connectivity index (χ2n) is 4.13. The highest BCUT2D eigenvalue weighted by Gasteiger charge is 2.20. The van der Waals surface area contributed by atoms with E-state index in [0.29, 0.717) is 5.69 Å². The van der Waals surface area contributed by atoms with Crippen LogP contribution in [0.25, 0.3) is 11.0 Å². The monoisotopic (exact) mass is 236 g/mol. The zero-order valence-electron chi connectivity index (χ0n) is 9.72. The first-order valence-electron chi connectivity index (χ1n) is 5.18. The first-order chi connectivity index (χ1) is 7.93. The Hall–Kier alpha value is -2.11. The van der Waals surface area contributed by atoms with E-state index in [0.717, 1.165) is 0 Å². The summed E-state index contributed by atoms with van der Waals surface area (Å²) in [7, 11) is 0. The zero-order chi connectivity index (χ0) is 12.7. The maximum Gasteiger partial charge on any atom is 0.341 e. The first kappa shape index (κ1) is 11.4. The number of fused-ring (bicyclic) bond motifs is 1. The molecule has 0 unspecified atom stereocenters. The molecule has 0 radical (unpaired) electrons. The van der Waals surface area contributed by atoms with Gasteiger partial charge >= 0.3 is 5.97 Å². The number of aromatic carboxylic acids is 1. The maximum absolute atomic E-state index is 12.1. The zero-order valence-corrected chi connectivity index (χ0v) is 9.72. The molecule has 0 bridgehead atoms. The molecule has 0 atom stereocenters. The number of rotatable bonds is 2. The lowest BCUT2D eigenvalue weighted by Crippen LogP contribution is -2.23. The molecule has 6 nitrogen and oxygen atoms in total. The van der Waals surface area contributed by atoms with E-state index in [-0.39, 0.29) is 28.1 Å². The number of carbonyl (C=O) groups is 1. The topological polar surface area (TPSA) is 85.3 Å². The van der Waals surface area contributed by atoms with Crippen LogP contribution in [0.3, 0.4) is 0 Å². The van der Waals surface area contributed by atoms with Gasteiger partial charge in [-0.2, -0.15) is 0 Å². The van der Waals surface area contributed by atoms with E-state index in [1.54, 1.807) is 6.92 Å². The summed E-state index contributed by atoms with van der Waals surface area (Å²) in [6, 6.07) is -0.126. The van der Waals surface area contributed by atoms with Gasteiger partial charge in [0.25, 0.3) is 5.56 Å². The summed E-state index contributed by atoms with van der Waals surface area (Å²) in [6.07, 6.45) is 1.29. The van der Waals surface area contributed by atoms with Crippen LogP contribution in [0.4, 0.5) is 0 Å². The van der Waals surface area contributed by atoms with Gasteiger partial charge in [0.05, 0.1) is 5.69 Å². The number of hydrogen-bond acceptors (Lipinski definition) is 4. The van der Waals surface area contributed by atoms with Gasteiger partial charge in [-0.05, 0) is 20.8 Å². The van der Waals surface area contributed by atoms with E-state index in [9.17, 15) is 9.59 Å². The van der Waals surface area contributed by atoms with Crippen LogP contribution in [-0.4, -0.2) is 20.8 Å². The van der Waals surface area contributed by atoms with E-state index in [1.807, 2.05) is 13.8 Å². The number of hydrogen-bond donors (Lipinski definition) is 1. The predicted octanol–water partition coefficient (Wildman–Crippen LogP) is 1.58. The van der Waals surface area contributed by atoms with Gasteiger partial charge in [-0.3, -0.25) is 4.79 Å². The average molecular weight is 236 g/mol. The minimum absolute atomic E-state index is 0.0388. The van der Waals surface area contributed by atoms with Gasteiger partial charge in [-0.1, -0.05) is 5.16 Å². The van der Waals surface area contributed by atoms with Crippen molar-refractivity contribution in [2.24, 2.45) is 0 Å². The highest BCUT2D eigenvalue weighted by atomic mass is 16.5. The molecular formula is C11H12N2O4. The van der Waals surface area contributed by atoms with Crippen molar-refractivity contribution in [3.05, 3.63) is 27.8 Å². The maximum atomic E-state index is 12.1. The summed E-state index contributed by atoms with van der Waals surface area (Å²) >= 11 is 0. The molecule has 2 aromatic heterocycles. The summed E-state index contributed by atoms with van der Waals surface area (Å²) in [5.74, 6) is -1.14. The fourth-order valence-corrected chi connectivity index (χ4v) is 1.73. The standard InChI is InChI=1S/C11H12N2O4/c1-5(2)13-4-7(11(15)16)9-8(10(13)14)6(3)12-17-9/h4-5H,1-3H3,(H,15,16). The minimum Gasteiger partial charge on any atom is -0.477 e. The lowest BCUT2D eigenvalue weighted by Gasteiger charge is -2.10. The van der Waals surface area contributed by atoms with E-state index in [2.05, 4.69) is 5.16 Å². The number of carboxylic acids is 1. The smallest absolute Gasteiger partial charge is 0.341 e. The van der Waals surface area contributed by atoms with Crippen LogP contribution in [0.2, 0.25) is 0 Å². The predicted molar refractivity (Wildman–Crippen MR) is 60.4 cm³/mol. The first-order valence-corrected chi connectivity index (χ1v) is 5.18.